The van der Waals surface area contributed by atoms with E-state index >= 15 is 0 Å². The summed E-state index contributed by atoms with van der Waals surface area (Å²) in [5, 5.41) is 2.54. The highest BCUT2D eigenvalue weighted by molar-refractivity contribution is 6.00. The third kappa shape index (κ3) is 4.75. The predicted octanol–water partition coefficient (Wildman–Crippen LogP) is 1.17. The zero-order valence-corrected chi connectivity index (χ0v) is 15.1. The summed E-state index contributed by atoms with van der Waals surface area (Å²) in [5.74, 6) is 0.397. The Kier molecular flexibility index (Phi) is 7.79. The molecule has 134 valence electrons. The van der Waals surface area contributed by atoms with E-state index in [9.17, 15) is 9.59 Å². The van der Waals surface area contributed by atoms with Crippen molar-refractivity contribution in [2.24, 2.45) is 11.7 Å². The number of nitrogens with two attached hydrogens (primary N) is 1. The molecule has 0 unspecified atom stereocenters. The summed E-state index contributed by atoms with van der Waals surface area (Å²) in [4.78, 5) is 27.7. The van der Waals surface area contributed by atoms with E-state index in [4.69, 9.17) is 5.73 Å². The van der Waals surface area contributed by atoms with Crippen molar-refractivity contribution >= 4 is 48.0 Å². The Hall–Kier alpha value is -1.50. The molecule has 3 rings (SSSR count). The molecule has 0 bridgehead atoms. The highest BCUT2D eigenvalue weighted by Crippen LogP contribution is 2.37. The van der Waals surface area contributed by atoms with E-state index in [1.165, 1.54) is 12.8 Å². The molecule has 8 heteroatoms. The van der Waals surface area contributed by atoms with Gasteiger partial charge in [-0.05, 0) is 30.9 Å². The van der Waals surface area contributed by atoms with Gasteiger partial charge in [-0.3, -0.25) is 9.59 Å². The van der Waals surface area contributed by atoms with Gasteiger partial charge in [0.05, 0.1) is 24.5 Å². The fourth-order valence-corrected chi connectivity index (χ4v) is 2.82. The van der Waals surface area contributed by atoms with Crippen LogP contribution >= 0.6 is 24.8 Å². The molecule has 1 fully saturated rings. The first-order valence-corrected chi connectivity index (χ1v) is 7.80. The van der Waals surface area contributed by atoms with Crippen LogP contribution in [0.1, 0.15) is 12.8 Å². The average Bonchev–Trinajstić information content (AvgIpc) is 3.36. The number of benzene rings is 1. The standard InChI is InChI=1S/C16H22N4O2.2ClH/c17-9-15(21)18-10-16(22)20-8-7-19(11-12-5-6-12)13-3-1-2-4-14(13)20;;/h1-4,12H,5-11,17H2,(H,18,21);2*1H. The number of nitrogens with one attached hydrogen (secondary N) is 1. The maximum atomic E-state index is 12.4. The Morgan fingerprint density at radius 3 is 2.42 bits per heavy atom. The van der Waals surface area contributed by atoms with Crippen LogP contribution in [-0.4, -0.2) is 44.5 Å². The van der Waals surface area contributed by atoms with E-state index in [1.54, 1.807) is 4.90 Å². The van der Waals surface area contributed by atoms with Crippen molar-refractivity contribution in [3.05, 3.63) is 24.3 Å². The van der Waals surface area contributed by atoms with Crippen LogP contribution in [0.5, 0.6) is 0 Å². The van der Waals surface area contributed by atoms with Gasteiger partial charge in [0, 0.05) is 19.6 Å². The summed E-state index contributed by atoms with van der Waals surface area (Å²) >= 11 is 0. The van der Waals surface area contributed by atoms with E-state index < -0.39 is 0 Å². The van der Waals surface area contributed by atoms with Crippen molar-refractivity contribution in [3.63, 3.8) is 0 Å². The van der Waals surface area contributed by atoms with Gasteiger partial charge in [0.25, 0.3) is 0 Å². The lowest BCUT2D eigenvalue weighted by Crippen LogP contribution is -2.48. The summed E-state index contributed by atoms with van der Waals surface area (Å²) in [6.45, 7) is 2.46. The molecule has 6 nitrogen and oxygen atoms in total. The molecule has 1 heterocycles. The first-order chi connectivity index (χ1) is 10.7. The Morgan fingerprint density at radius 2 is 1.79 bits per heavy atom. The Bertz CT molecular complexity index is 581. The third-order valence-electron chi connectivity index (χ3n) is 4.21. The third-order valence-corrected chi connectivity index (χ3v) is 4.21. The van der Waals surface area contributed by atoms with Crippen LogP contribution in [-0.2, 0) is 9.59 Å². The fourth-order valence-electron chi connectivity index (χ4n) is 2.82. The van der Waals surface area contributed by atoms with E-state index in [2.05, 4.69) is 16.3 Å². The topological polar surface area (TPSA) is 78.7 Å². The second kappa shape index (κ2) is 9.11. The van der Waals surface area contributed by atoms with Crippen molar-refractivity contribution in [2.45, 2.75) is 12.8 Å². The van der Waals surface area contributed by atoms with Gasteiger partial charge in [-0.25, -0.2) is 0 Å². The van der Waals surface area contributed by atoms with Crippen LogP contribution in [0.2, 0.25) is 0 Å². The molecular weight excluding hydrogens is 351 g/mol. The molecule has 0 radical (unpaired) electrons. The van der Waals surface area contributed by atoms with Crippen molar-refractivity contribution < 1.29 is 9.59 Å². The molecule has 1 aromatic rings. The molecular formula is C16H24Cl2N4O2. The Labute approximate surface area is 154 Å². The summed E-state index contributed by atoms with van der Waals surface area (Å²) in [7, 11) is 0. The molecule has 0 saturated heterocycles. The molecule has 0 atom stereocenters. The van der Waals surface area contributed by atoms with Crippen molar-refractivity contribution in [2.75, 3.05) is 42.5 Å². The van der Waals surface area contributed by atoms with Gasteiger partial charge in [-0.2, -0.15) is 0 Å². The van der Waals surface area contributed by atoms with E-state index in [0.29, 0.717) is 6.54 Å². The van der Waals surface area contributed by atoms with E-state index in [0.717, 1.165) is 30.4 Å². The summed E-state index contributed by atoms with van der Waals surface area (Å²) in [5.41, 5.74) is 7.28. The number of nitrogens with zero attached hydrogens (tertiary/aromatic N) is 2. The molecule has 2 aliphatic rings. The molecule has 3 N–H and O–H groups in total. The quantitative estimate of drug-likeness (QED) is 0.810. The molecule has 1 aliphatic heterocycles. The number of halogens is 2. The monoisotopic (exact) mass is 374 g/mol. The number of carbonyl (C=O) groups is 2. The normalized spacial score (nSPS) is 15.7. The second-order valence-electron chi connectivity index (χ2n) is 5.90. The number of para-hydroxylation sites is 2. The van der Waals surface area contributed by atoms with Crippen molar-refractivity contribution in [1.82, 2.24) is 5.32 Å². The summed E-state index contributed by atoms with van der Waals surface area (Å²) in [6.07, 6.45) is 2.62. The lowest BCUT2D eigenvalue weighted by Gasteiger charge is -2.38. The minimum absolute atomic E-state index is 0. The zero-order chi connectivity index (χ0) is 15.5. The molecule has 1 aromatic carbocycles. The second-order valence-corrected chi connectivity index (χ2v) is 5.90. The molecule has 0 spiro atoms. The minimum Gasteiger partial charge on any atom is -0.368 e. The minimum atomic E-state index is -0.311. The maximum absolute atomic E-state index is 12.4. The maximum Gasteiger partial charge on any atom is 0.246 e. The molecule has 1 saturated carbocycles. The number of hydrogen-bond donors (Lipinski definition) is 2. The van der Waals surface area contributed by atoms with Crippen LogP contribution in [0.15, 0.2) is 24.3 Å². The van der Waals surface area contributed by atoms with Crippen LogP contribution in [0.25, 0.3) is 0 Å². The van der Waals surface area contributed by atoms with Crippen LogP contribution < -0.4 is 20.9 Å². The van der Waals surface area contributed by atoms with E-state index in [-0.39, 0.29) is 49.7 Å². The van der Waals surface area contributed by atoms with Crippen LogP contribution in [0, 0.1) is 5.92 Å². The first-order valence-electron chi connectivity index (χ1n) is 7.80. The first kappa shape index (κ1) is 20.5. The Morgan fingerprint density at radius 1 is 1.12 bits per heavy atom. The van der Waals surface area contributed by atoms with Gasteiger partial charge in [-0.15, -0.1) is 24.8 Å². The lowest BCUT2D eigenvalue weighted by molar-refractivity contribution is -0.124. The number of fused-ring (bicyclic) bond motifs is 1. The number of rotatable bonds is 5. The van der Waals surface area contributed by atoms with Gasteiger partial charge in [0.15, 0.2) is 0 Å². The highest BCUT2D eigenvalue weighted by atomic mass is 35.5. The van der Waals surface area contributed by atoms with Gasteiger partial charge in [0.2, 0.25) is 11.8 Å². The van der Waals surface area contributed by atoms with Gasteiger partial charge in [-0.1, -0.05) is 12.1 Å². The summed E-state index contributed by atoms with van der Waals surface area (Å²) in [6, 6.07) is 7.98. The predicted molar refractivity (Wildman–Crippen MR) is 100 cm³/mol. The molecule has 2 amide bonds. The average molecular weight is 375 g/mol. The van der Waals surface area contributed by atoms with E-state index in [1.807, 2.05) is 18.2 Å². The number of anilines is 2. The van der Waals surface area contributed by atoms with Crippen molar-refractivity contribution in [3.8, 4) is 0 Å². The van der Waals surface area contributed by atoms with Gasteiger partial charge in [0.1, 0.15) is 0 Å². The van der Waals surface area contributed by atoms with Gasteiger partial charge >= 0.3 is 0 Å². The fraction of sp³-hybridized carbons (Fsp3) is 0.500. The summed E-state index contributed by atoms with van der Waals surface area (Å²) < 4.78 is 0. The number of hydrogen-bond acceptors (Lipinski definition) is 4. The SMILES string of the molecule is Cl.Cl.NCC(=O)NCC(=O)N1CCN(CC2CC2)c2ccccc21. The van der Waals surface area contributed by atoms with Gasteiger partial charge < -0.3 is 20.9 Å². The van der Waals surface area contributed by atoms with Crippen LogP contribution in [0.4, 0.5) is 11.4 Å². The largest absolute Gasteiger partial charge is 0.368 e. The highest BCUT2D eigenvalue weighted by Gasteiger charge is 2.30. The molecule has 1 aliphatic carbocycles. The van der Waals surface area contributed by atoms with Crippen molar-refractivity contribution in [1.29, 1.82) is 0 Å². The molecule has 0 aromatic heterocycles. The van der Waals surface area contributed by atoms with Crippen LogP contribution in [0.3, 0.4) is 0 Å². The molecule has 24 heavy (non-hydrogen) atoms. The zero-order valence-electron chi connectivity index (χ0n) is 13.4. The smallest absolute Gasteiger partial charge is 0.246 e. The number of amides is 2. The lowest BCUT2D eigenvalue weighted by atomic mass is 10.1. The number of carbonyl (C=O) groups excluding carboxylic acids is 2. The Balaban J connectivity index is 0.00000144.